The highest BCUT2D eigenvalue weighted by Gasteiger charge is 2.41. The molecule has 0 atom stereocenters. The zero-order valence-corrected chi connectivity index (χ0v) is 9.56. The van der Waals surface area contributed by atoms with E-state index in [0.29, 0.717) is 4.90 Å². The maximum absolute atomic E-state index is 12.0. The lowest BCUT2D eigenvalue weighted by Crippen LogP contribution is -2.38. The topological polar surface area (TPSA) is 80.5 Å². The van der Waals surface area contributed by atoms with Crippen LogP contribution in [0.2, 0.25) is 0 Å². The van der Waals surface area contributed by atoms with E-state index < -0.39 is 23.6 Å². The number of nitrogens with zero attached hydrogens (tertiary/aromatic N) is 1. The van der Waals surface area contributed by atoms with Crippen LogP contribution in [-0.2, 0) is 4.79 Å². The van der Waals surface area contributed by atoms with Gasteiger partial charge in [-0.25, -0.2) is 4.90 Å². The molecule has 88 valence electrons. The van der Waals surface area contributed by atoms with Gasteiger partial charge in [-0.05, 0) is 12.1 Å². The average molecular weight is 232 g/mol. The van der Waals surface area contributed by atoms with Crippen molar-refractivity contribution in [2.24, 2.45) is 5.92 Å². The van der Waals surface area contributed by atoms with E-state index in [1.165, 1.54) is 12.1 Å². The summed E-state index contributed by atoms with van der Waals surface area (Å²) in [6, 6.07) is 4.62. The van der Waals surface area contributed by atoms with E-state index in [1.807, 2.05) is 0 Å². The van der Waals surface area contributed by atoms with Crippen molar-refractivity contribution >= 4 is 23.4 Å². The van der Waals surface area contributed by atoms with Crippen LogP contribution in [0.15, 0.2) is 18.2 Å². The molecule has 0 fully saturated rings. The number of hydrogen-bond acceptors (Lipinski definition) is 4. The molecule has 0 saturated carbocycles. The third-order valence-corrected chi connectivity index (χ3v) is 2.66. The normalized spacial score (nSPS) is 14.4. The Morgan fingerprint density at radius 1 is 1.24 bits per heavy atom. The van der Waals surface area contributed by atoms with Gasteiger partial charge in [-0.2, -0.15) is 0 Å². The number of benzene rings is 1. The summed E-state index contributed by atoms with van der Waals surface area (Å²) in [6.45, 7) is 3.27. The first-order chi connectivity index (χ1) is 7.95. The van der Waals surface area contributed by atoms with Crippen LogP contribution in [-0.4, -0.2) is 22.6 Å². The summed E-state index contributed by atoms with van der Waals surface area (Å²) in [7, 11) is 0. The molecule has 5 heteroatoms. The molecule has 1 aliphatic heterocycles. The number of hydrogen-bond donors (Lipinski definition) is 1. The number of anilines is 1. The highest BCUT2D eigenvalue weighted by molar-refractivity contribution is 6.30. The largest absolute Gasteiger partial charge is 0.398 e. The first-order valence-corrected chi connectivity index (χ1v) is 5.26. The van der Waals surface area contributed by atoms with Crippen molar-refractivity contribution in [1.29, 1.82) is 0 Å². The zero-order valence-electron chi connectivity index (χ0n) is 9.56. The fraction of sp³-hybridized carbons (Fsp3) is 0.250. The lowest BCUT2D eigenvalue weighted by Gasteiger charge is -2.13. The third kappa shape index (κ3) is 1.51. The number of nitrogen functional groups attached to an aromatic ring is 1. The highest BCUT2D eigenvalue weighted by Crippen LogP contribution is 2.28. The summed E-state index contributed by atoms with van der Waals surface area (Å²) in [5.74, 6) is -2.13. The predicted molar refractivity (Wildman–Crippen MR) is 61.2 cm³/mol. The van der Waals surface area contributed by atoms with E-state index in [-0.39, 0.29) is 16.8 Å². The van der Waals surface area contributed by atoms with Gasteiger partial charge in [0.15, 0.2) is 0 Å². The molecule has 1 aromatic carbocycles. The van der Waals surface area contributed by atoms with Crippen LogP contribution in [0, 0.1) is 5.92 Å². The zero-order chi connectivity index (χ0) is 12.7. The number of nitrogens with two attached hydrogens (primary N) is 1. The summed E-state index contributed by atoms with van der Waals surface area (Å²) < 4.78 is 0. The van der Waals surface area contributed by atoms with Crippen molar-refractivity contribution in [3.63, 3.8) is 0 Å². The Balaban J connectivity index is 2.54. The molecule has 0 aliphatic carbocycles. The standard InChI is InChI=1S/C12H12N2O3/c1-6(2)10(15)14-11(16)7-4-3-5-8(13)9(7)12(14)17/h3-6H,13H2,1-2H3. The van der Waals surface area contributed by atoms with Gasteiger partial charge in [-0.3, -0.25) is 14.4 Å². The minimum atomic E-state index is -0.623. The van der Waals surface area contributed by atoms with Gasteiger partial charge >= 0.3 is 0 Å². The predicted octanol–water partition coefficient (Wildman–Crippen LogP) is 1.05. The van der Waals surface area contributed by atoms with Gasteiger partial charge < -0.3 is 5.73 Å². The van der Waals surface area contributed by atoms with Crippen LogP contribution < -0.4 is 5.73 Å². The first-order valence-electron chi connectivity index (χ1n) is 5.26. The second kappa shape index (κ2) is 3.69. The molecule has 0 aromatic heterocycles. The summed E-state index contributed by atoms with van der Waals surface area (Å²) in [6.07, 6.45) is 0. The Morgan fingerprint density at radius 2 is 1.88 bits per heavy atom. The van der Waals surface area contributed by atoms with E-state index >= 15 is 0 Å². The average Bonchev–Trinajstić information content (AvgIpc) is 2.52. The van der Waals surface area contributed by atoms with Crippen LogP contribution in [0.3, 0.4) is 0 Å². The van der Waals surface area contributed by atoms with Gasteiger partial charge in [-0.1, -0.05) is 19.9 Å². The SMILES string of the molecule is CC(C)C(=O)N1C(=O)c2cccc(N)c2C1=O. The van der Waals surface area contributed by atoms with Crippen molar-refractivity contribution < 1.29 is 14.4 Å². The quantitative estimate of drug-likeness (QED) is 0.579. The number of amides is 3. The van der Waals surface area contributed by atoms with E-state index in [2.05, 4.69) is 0 Å². The molecule has 0 spiro atoms. The molecule has 2 rings (SSSR count). The van der Waals surface area contributed by atoms with Gasteiger partial charge in [-0.15, -0.1) is 0 Å². The summed E-state index contributed by atoms with van der Waals surface area (Å²) in [5.41, 5.74) is 6.20. The minimum absolute atomic E-state index is 0.131. The van der Waals surface area contributed by atoms with Gasteiger partial charge in [0.1, 0.15) is 0 Å². The highest BCUT2D eigenvalue weighted by atomic mass is 16.2. The lowest BCUT2D eigenvalue weighted by atomic mass is 10.1. The fourth-order valence-electron chi connectivity index (χ4n) is 1.77. The molecule has 5 nitrogen and oxygen atoms in total. The molecule has 2 N–H and O–H groups in total. The Labute approximate surface area is 98.2 Å². The summed E-state index contributed by atoms with van der Waals surface area (Å²) >= 11 is 0. The molecular formula is C12H12N2O3. The molecule has 17 heavy (non-hydrogen) atoms. The van der Waals surface area contributed by atoms with E-state index in [4.69, 9.17) is 5.73 Å². The molecular weight excluding hydrogens is 220 g/mol. The van der Waals surface area contributed by atoms with E-state index in [1.54, 1.807) is 19.9 Å². The maximum atomic E-state index is 12.0. The van der Waals surface area contributed by atoms with Gasteiger partial charge in [0.2, 0.25) is 5.91 Å². The second-order valence-corrected chi connectivity index (χ2v) is 4.21. The molecule has 3 amide bonds. The van der Waals surface area contributed by atoms with Gasteiger partial charge in [0.05, 0.1) is 11.1 Å². The number of carbonyl (C=O) groups is 3. The Kier molecular flexibility index (Phi) is 2.46. The maximum Gasteiger partial charge on any atom is 0.270 e. The molecule has 1 aliphatic rings. The second-order valence-electron chi connectivity index (χ2n) is 4.21. The molecule has 0 unspecified atom stereocenters. The molecule has 0 radical (unpaired) electrons. The minimum Gasteiger partial charge on any atom is -0.398 e. The molecule has 1 aromatic rings. The third-order valence-electron chi connectivity index (χ3n) is 2.66. The van der Waals surface area contributed by atoms with Crippen LogP contribution in [0.1, 0.15) is 34.6 Å². The van der Waals surface area contributed by atoms with Crippen LogP contribution in [0.5, 0.6) is 0 Å². The summed E-state index contributed by atoms with van der Waals surface area (Å²) in [4.78, 5) is 36.4. The molecule has 0 saturated heterocycles. The van der Waals surface area contributed by atoms with Gasteiger partial charge in [0, 0.05) is 11.6 Å². The van der Waals surface area contributed by atoms with Crippen molar-refractivity contribution in [1.82, 2.24) is 4.90 Å². The van der Waals surface area contributed by atoms with Crippen LogP contribution >= 0.6 is 0 Å². The van der Waals surface area contributed by atoms with Crippen molar-refractivity contribution in [2.75, 3.05) is 5.73 Å². The Morgan fingerprint density at radius 3 is 2.41 bits per heavy atom. The van der Waals surface area contributed by atoms with Crippen molar-refractivity contribution in [3.8, 4) is 0 Å². The molecule has 0 bridgehead atoms. The molecule has 1 heterocycles. The monoisotopic (exact) mass is 232 g/mol. The van der Waals surface area contributed by atoms with E-state index in [9.17, 15) is 14.4 Å². The van der Waals surface area contributed by atoms with Crippen molar-refractivity contribution in [2.45, 2.75) is 13.8 Å². The fourth-order valence-corrected chi connectivity index (χ4v) is 1.77. The number of rotatable bonds is 1. The number of fused-ring (bicyclic) bond motifs is 1. The Hall–Kier alpha value is -2.17. The van der Waals surface area contributed by atoms with Crippen LogP contribution in [0.4, 0.5) is 5.69 Å². The number of imide groups is 3. The summed E-state index contributed by atoms with van der Waals surface area (Å²) in [5, 5.41) is 0. The van der Waals surface area contributed by atoms with Gasteiger partial charge in [0.25, 0.3) is 11.8 Å². The first kappa shape index (κ1) is 11.3. The smallest absolute Gasteiger partial charge is 0.270 e. The van der Waals surface area contributed by atoms with E-state index in [0.717, 1.165) is 0 Å². The van der Waals surface area contributed by atoms with Crippen molar-refractivity contribution in [3.05, 3.63) is 29.3 Å². The lowest BCUT2D eigenvalue weighted by molar-refractivity contribution is -0.129. The van der Waals surface area contributed by atoms with Crippen LogP contribution in [0.25, 0.3) is 0 Å². The Bertz CT molecular complexity index is 535. The number of carbonyl (C=O) groups excluding carboxylic acids is 3.